The van der Waals surface area contributed by atoms with Crippen molar-refractivity contribution in [3.8, 4) is 5.75 Å². The number of pyridine rings is 1. The lowest BCUT2D eigenvalue weighted by atomic mass is 10.2. The summed E-state index contributed by atoms with van der Waals surface area (Å²) in [5.74, 6) is -1.34. The predicted octanol–water partition coefficient (Wildman–Crippen LogP) is 3.04. The summed E-state index contributed by atoms with van der Waals surface area (Å²) in [7, 11) is 0. The maximum Gasteiger partial charge on any atom is 0.573 e. The third kappa shape index (κ3) is 2.47. The molecule has 0 aliphatic rings. The van der Waals surface area contributed by atoms with E-state index in [1.54, 1.807) is 0 Å². The van der Waals surface area contributed by atoms with Crippen LogP contribution < -0.4 is 4.74 Å². The minimum Gasteiger partial charge on any atom is -0.405 e. The van der Waals surface area contributed by atoms with E-state index in [1.165, 1.54) is 24.3 Å². The van der Waals surface area contributed by atoms with Gasteiger partial charge in [0.1, 0.15) is 5.75 Å². The van der Waals surface area contributed by atoms with Crippen molar-refractivity contribution in [2.24, 2.45) is 0 Å². The van der Waals surface area contributed by atoms with E-state index in [1.807, 2.05) is 0 Å². The van der Waals surface area contributed by atoms with Gasteiger partial charge >= 0.3 is 12.2 Å². The van der Waals surface area contributed by atoms with Crippen molar-refractivity contribution in [1.82, 2.24) is 4.98 Å². The Morgan fingerprint density at radius 1 is 1.28 bits per heavy atom. The van der Waals surface area contributed by atoms with Gasteiger partial charge in [0.25, 0.3) is 0 Å². The molecule has 0 aliphatic carbocycles. The average Bonchev–Trinajstić information content (AvgIpc) is 2.26. The molecular formula is C10H5F3N2O3. The predicted molar refractivity (Wildman–Crippen MR) is 55.1 cm³/mol. The molecular weight excluding hydrogens is 253 g/mol. The molecule has 0 N–H and O–H groups in total. The number of para-hydroxylation sites is 1. The molecule has 2 rings (SSSR count). The van der Waals surface area contributed by atoms with Crippen LogP contribution in [0.1, 0.15) is 0 Å². The molecule has 8 heteroatoms. The highest BCUT2D eigenvalue weighted by Gasteiger charge is 2.33. The molecule has 2 aromatic rings. The number of nitrogens with zero attached hydrogens (tertiary/aromatic N) is 2. The lowest BCUT2D eigenvalue weighted by molar-refractivity contribution is -0.389. The first-order valence-electron chi connectivity index (χ1n) is 4.67. The smallest absolute Gasteiger partial charge is 0.405 e. The van der Waals surface area contributed by atoms with Crippen molar-refractivity contribution in [3.63, 3.8) is 0 Å². The molecule has 0 atom stereocenters. The van der Waals surface area contributed by atoms with Gasteiger partial charge in [-0.25, -0.2) is 0 Å². The van der Waals surface area contributed by atoms with Crippen molar-refractivity contribution in [3.05, 3.63) is 40.4 Å². The molecule has 1 heterocycles. The first-order chi connectivity index (χ1) is 8.37. The maximum atomic E-state index is 12.2. The number of hydrogen-bond acceptors (Lipinski definition) is 4. The van der Waals surface area contributed by atoms with E-state index in [4.69, 9.17) is 0 Å². The van der Waals surface area contributed by atoms with E-state index in [0.717, 1.165) is 0 Å². The Morgan fingerprint density at radius 2 is 1.94 bits per heavy atom. The van der Waals surface area contributed by atoms with Crippen LogP contribution in [0.15, 0.2) is 30.3 Å². The molecule has 1 aromatic carbocycles. The summed E-state index contributed by atoms with van der Waals surface area (Å²) in [4.78, 5) is 13.3. The minimum atomic E-state index is -4.92. The highest BCUT2D eigenvalue weighted by Crippen LogP contribution is 2.32. The summed E-state index contributed by atoms with van der Waals surface area (Å²) in [6.07, 6.45) is -4.92. The Labute approximate surface area is 98.0 Å². The van der Waals surface area contributed by atoms with Crippen LogP contribution in [0.3, 0.4) is 0 Å². The number of nitro groups is 1. The second kappa shape index (κ2) is 4.13. The molecule has 0 saturated heterocycles. The number of aromatic nitrogens is 1. The summed E-state index contributed by atoms with van der Waals surface area (Å²) >= 11 is 0. The summed E-state index contributed by atoms with van der Waals surface area (Å²) in [5, 5.41) is 10.6. The van der Waals surface area contributed by atoms with E-state index in [9.17, 15) is 23.3 Å². The number of halogens is 3. The maximum absolute atomic E-state index is 12.2. The molecule has 0 spiro atoms. The summed E-state index contributed by atoms with van der Waals surface area (Å²) < 4.78 is 40.3. The van der Waals surface area contributed by atoms with Crippen LogP contribution in [0.25, 0.3) is 10.9 Å². The Balaban J connectivity index is 2.64. The topological polar surface area (TPSA) is 65.3 Å². The zero-order valence-electron chi connectivity index (χ0n) is 8.64. The first kappa shape index (κ1) is 12.1. The minimum absolute atomic E-state index is 0.0559. The van der Waals surface area contributed by atoms with Gasteiger partial charge in [0.2, 0.25) is 0 Å². The van der Waals surface area contributed by atoms with Crippen molar-refractivity contribution >= 4 is 16.7 Å². The molecule has 0 aliphatic heterocycles. The Morgan fingerprint density at radius 3 is 2.56 bits per heavy atom. The number of rotatable bonds is 2. The SMILES string of the molecule is O=[N+]([O-])c1cc(OC(F)(F)F)c2ccccc2n1. The van der Waals surface area contributed by atoms with E-state index in [2.05, 4.69) is 9.72 Å². The number of hydrogen-bond donors (Lipinski definition) is 0. The van der Waals surface area contributed by atoms with Crippen molar-refractivity contribution in [1.29, 1.82) is 0 Å². The van der Waals surface area contributed by atoms with Gasteiger partial charge in [0.15, 0.2) is 5.52 Å². The number of alkyl halides is 3. The summed E-state index contributed by atoms with van der Waals surface area (Å²) in [5.41, 5.74) is 0.0611. The first-order valence-corrected chi connectivity index (χ1v) is 4.67. The van der Waals surface area contributed by atoms with Gasteiger partial charge in [0.05, 0.1) is 11.5 Å². The molecule has 1 aromatic heterocycles. The van der Waals surface area contributed by atoms with Crippen LogP contribution in [0.4, 0.5) is 19.0 Å². The molecule has 0 unspecified atom stereocenters. The third-order valence-corrected chi connectivity index (χ3v) is 2.08. The van der Waals surface area contributed by atoms with Crippen LogP contribution in [-0.2, 0) is 0 Å². The van der Waals surface area contributed by atoms with Crippen LogP contribution in [0.5, 0.6) is 5.75 Å². The second-order valence-electron chi connectivity index (χ2n) is 3.30. The van der Waals surface area contributed by atoms with Crippen LogP contribution in [0, 0.1) is 10.1 Å². The van der Waals surface area contributed by atoms with Crippen LogP contribution in [0.2, 0.25) is 0 Å². The standard InChI is InChI=1S/C10H5F3N2O3/c11-10(12,13)18-8-5-9(15(16)17)14-7-4-2-1-3-6(7)8/h1-5H. The van der Waals surface area contributed by atoms with E-state index in [-0.39, 0.29) is 10.9 Å². The second-order valence-corrected chi connectivity index (χ2v) is 3.30. The van der Waals surface area contributed by atoms with Crippen molar-refractivity contribution in [2.45, 2.75) is 6.36 Å². The van der Waals surface area contributed by atoms with E-state index < -0.39 is 22.9 Å². The van der Waals surface area contributed by atoms with Crippen LogP contribution >= 0.6 is 0 Å². The fourth-order valence-corrected chi connectivity index (χ4v) is 1.43. The van der Waals surface area contributed by atoms with Gasteiger partial charge in [0, 0.05) is 0 Å². The monoisotopic (exact) mass is 258 g/mol. The zero-order valence-corrected chi connectivity index (χ0v) is 8.64. The fourth-order valence-electron chi connectivity index (χ4n) is 1.43. The van der Waals surface area contributed by atoms with Gasteiger partial charge < -0.3 is 14.9 Å². The van der Waals surface area contributed by atoms with Gasteiger partial charge in [-0.05, 0) is 22.0 Å². The number of benzene rings is 1. The van der Waals surface area contributed by atoms with E-state index in [0.29, 0.717) is 6.07 Å². The molecule has 0 fully saturated rings. The van der Waals surface area contributed by atoms with Crippen molar-refractivity contribution < 1.29 is 22.8 Å². The molecule has 5 nitrogen and oxygen atoms in total. The zero-order chi connectivity index (χ0) is 13.3. The largest absolute Gasteiger partial charge is 0.573 e. The third-order valence-electron chi connectivity index (χ3n) is 2.08. The van der Waals surface area contributed by atoms with Crippen molar-refractivity contribution in [2.75, 3.05) is 0 Å². The number of ether oxygens (including phenoxy) is 1. The lowest BCUT2D eigenvalue weighted by Crippen LogP contribution is -2.17. The molecule has 94 valence electrons. The summed E-state index contributed by atoms with van der Waals surface area (Å²) in [6.45, 7) is 0. The average molecular weight is 258 g/mol. The van der Waals surface area contributed by atoms with Gasteiger partial charge in [-0.15, -0.1) is 13.2 Å². The molecule has 0 amide bonds. The normalized spacial score (nSPS) is 11.5. The highest BCUT2D eigenvalue weighted by atomic mass is 19.4. The molecule has 0 radical (unpaired) electrons. The van der Waals surface area contributed by atoms with Gasteiger partial charge in [-0.2, -0.15) is 0 Å². The van der Waals surface area contributed by atoms with E-state index >= 15 is 0 Å². The lowest BCUT2D eigenvalue weighted by Gasteiger charge is -2.09. The molecule has 18 heavy (non-hydrogen) atoms. The Hall–Kier alpha value is -2.38. The van der Waals surface area contributed by atoms with Gasteiger partial charge in [-0.3, -0.25) is 0 Å². The Kier molecular flexibility index (Phi) is 2.77. The molecule has 0 bridgehead atoms. The fraction of sp³-hybridized carbons (Fsp3) is 0.100. The number of fused-ring (bicyclic) bond motifs is 1. The molecule has 0 saturated carbocycles. The van der Waals surface area contributed by atoms with Crippen LogP contribution in [-0.4, -0.2) is 16.3 Å². The highest BCUT2D eigenvalue weighted by molar-refractivity contribution is 5.86. The Bertz CT molecular complexity index is 613. The summed E-state index contributed by atoms with van der Waals surface area (Å²) in [6, 6.07) is 6.35. The quantitative estimate of drug-likeness (QED) is 0.613. The van der Waals surface area contributed by atoms with Gasteiger partial charge in [-0.1, -0.05) is 12.1 Å².